The zero-order valence-corrected chi connectivity index (χ0v) is 8.65. The number of amides is 1. The minimum Gasteiger partial charge on any atom is -0.354 e. The molecule has 2 N–H and O–H groups in total. The van der Waals surface area contributed by atoms with Gasteiger partial charge in [0.1, 0.15) is 0 Å². The predicted molar refractivity (Wildman–Crippen MR) is 53.5 cm³/mol. The minimum atomic E-state index is 0.116. The molecule has 1 aliphatic carbocycles. The largest absolute Gasteiger partial charge is 0.354 e. The van der Waals surface area contributed by atoms with Gasteiger partial charge in [-0.05, 0) is 31.7 Å². The van der Waals surface area contributed by atoms with E-state index in [2.05, 4.69) is 17.6 Å². The van der Waals surface area contributed by atoms with Crippen molar-refractivity contribution in [1.29, 1.82) is 0 Å². The molecule has 0 saturated heterocycles. The summed E-state index contributed by atoms with van der Waals surface area (Å²) >= 11 is 0. The van der Waals surface area contributed by atoms with Gasteiger partial charge in [0.25, 0.3) is 0 Å². The van der Waals surface area contributed by atoms with Crippen molar-refractivity contribution in [1.82, 2.24) is 10.6 Å². The summed E-state index contributed by atoms with van der Waals surface area (Å²) in [7, 11) is 1.79. The fraction of sp³-hybridized carbons (Fsp3) is 0.900. The molecule has 76 valence electrons. The molecular weight excluding hydrogens is 164 g/mol. The first-order valence-corrected chi connectivity index (χ1v) is 5.14. The molecular formula is C10H20N2O. The lowest BCUT2D eigenvalue weighted by Gasteiger charge is -2.14. The quantitative estimate of drug-likeness (QED) is 0.644. The minimum absolute atomic E-state index is 0.116. The maximum Gasteiger partial charge on any atom is 0.233 e. The lowest BCUT2D eigenvalue weighted by atomic mass is 10.0. The Bertz CT molecular complexity index is 176. The average Bonchev–Trinajstić information content (AvgIpc) is 2.84. The van der Waals surface area contributed by atoms with E-state index in [1.54, 1.807) is 7.05 Å². The van der Waals surface area contributed by atoms with Crippen LogP contribution in [-0.2, 0) is 4.79 Å². The standard InChI is InChI=1S/C10H20N2O/c1-3-4-10(5-6-10)8-12-9(13)7-11-2/h11H,3-8H2,1-2H3,(H,12,13). The summed E-state index contributed by atoms with van der Waals surface area (Å²) in [4.78, 5) is 11.1. The van der Waals surface area contributed by atoms with Gasteiger partial charge in [-0.3, -0.25) is 4.79 Å². The summed E-state index contributed by atoms with van der Waals surface area (Å²) in [6, 6.07) is 0. The molecule has 0 heterocycles. The molecule has 3 heteroatoms. The maximum absolute atomic E-state index is 11.1. The van der Waals surface area contributed by atoms with Crippen LogP contribution in [0.2, 0.25) is 0 Å². The Labute approximate surface area is 80.3 Å². The van der Waals surface area contributed by atoms with Crippen LogP contribution < -0.4 is 10.6 Å². The van der Waals surface area contributed by atoms with Gasteiger partial charge in [-0.15, -0.1) is 0 Å². The second-order valence-corrected chi connectivity index (χ2v) is 4.06. The molecule has 13 heavy (non-hydrogen) atoms. The Kier molecular flexibility index (Phi) is 3.72. The molecule has 0 spiro atoms. The normalized spacial score (nSPS) is 18.3. The van der Waals surface area contributed by atoms with E-state index in [4.69, 9.17) is 0 Å². The molecule has 0 aromatic rings. The summed E-state index contributed by atoms with van der Waals surface area (Å²) in [6.45, 7) is 3.51. The number of likely N-dealkylation sites (N-methyl/N-ethyl adjacent to an activating group) is 1. The molecule has 1 fully saturated rings. The van der Waals surface area contributed by atoms with E-state index in [-0.39, 0.29) is 5.91 Å². The first-order valence-electron chi connectivity index (χ1n) is 5.14. The Balaban J connectivity index is 2.14. The lowest BCUT2D eigenvalue weighted by Crippen LogP contribution is -2.36. The van der Waals surface area contributed by atoms with Crippen LogP contribution in [0.5, 0.6) is 0 Å². The highest BCUT2D eigenvalue weighted by molar-refractivity contribution is 5.78. The van der Waals surface area contributed by atoms with E-state index < -0.39 is 0 Å². The van der Waals surface area contributed by atoms with E-state index in [0.717, 1.165) is 6.54 Å². The van der Waals surface area contributed by atoms with E-state index >= 15 is 0 Å². The number of hydrogen-bond acceptors (Lipinski definition) is 2. The van der Waals surface area contributed by atoms with E-state index in [0.29, 0.717) is 12.0 Å². The van der Waals surface area contributed by atoms with Crippen molar-refractivity contribution in [2.24, 2.45) is 5.41 Å². The van der Waals surface area contributed by atoms with Crippen LogP contribution in [0.4, 0.5) is 0 Å². The Morgan fingerprint density at radius 2 is 2.15 bits per heavy atom. The predicted octanol–water partition coefficient (Wildman–Crippen LogP) is 0.902. The number of rotatable bonds is 6. The molecule has 0 aromatic heterocycles. The summed E-state index contributed by atoms with van der Waals surface area (Å²) in [6.07, 6.45) is 5.07. The van der Waals surface area contributed by atoms with Gasteiger partial charge in [0.05, 0.1) is 6.54 Å². The van der Waals surface area contributed by atoms with Crippen molar-refractivity contribution in [2.75, 3.05) is 20.1 Å². The fourth-order valence-electron chi connectivity index (χ4n) is 1.73. The van der Waals surface area contributed by atoms with Gasteiger partial charge in [0.15, 0.2) is 0 Å². The topological polar surface area (TPSA) is 41.1 Å². The first kappa shape index (κ1) is 10.5. The highest BCUT2D eigenvalue weighted by atomic mass is 16.1. The number of nitrogens with one attached hydrogen (secondary N) is 2. The van der Waals surface area contributed by atoms with Gasteiger partial charge in [-0.25, -0.2) is 0 Å². The van der Waals surface area contributed by atoms with Crippen LogP contribution in [0.3, 0.4) is 0 Å². The SMILES string of the molecule is CCCC1(CNC(=O)CNC)CC1. The molecule has 1 amide bonds. The summed E-state index contributed by atoms with van der Waals surface area (Å²) in [5.74, 6) is 0.116. The zero-order chi connectivity index (χ0) is 9.73. The molecule has 1 aliphatic rings. The molecule has 0 radical (unpaired) electrons. The van der Waals surface area contributed by atoms with Crippen LogP contribution >= 0.6 is 0 Å². The fourth-order valence-corrected chi connectivity index (χ4v) is 1.73. The summed E-state index contributed by atoms with van der Waals surface area (Å²) in [5.41, 5.74) is 0.470. The summed E-state index contributed by atoms with van der Waals surface area (Å²) in [5, 5.41) is 5.81. The van der Waals surface area contributed by atoms with Crippen LogP contribution in [-0.4, -0.2) is 26.0 Å². The highest BCUT2D eigenvalue weighted by Gasteiger charge is 2.41. The van der Waals surface area contributed by atoms with Crippen molar-refractivity contribution in [2.45, 2.75) is 32.6 Å². The molecule has 1 saturated carbocycles. The second-order valence-electron chi connectivity index (χ2n) is 4.06. The smallest absolute Gasteiger partial charge is 0.233 e. The van der Waals surface area contributed by atoms with E-state index in [9.17, 15) is 4.79 Å². The van der Waals surface area contributed by atoms with Gasteiger partial charge in [-0.2, -0.15) is 0 Å². The number of carbonyl (C=O) groups excluding carboxylic acids is 1. The third kappa shape index (κ3) is 3.35. The van der Waals surface area contributed by atoms with Crippen LogP contribution in [0.25, 0.3) is 0 Å². The zero-order valence-electron chi connectivity index (χ0n) is 8.65. The Hall–Kier alpha value is -0.570. The lowest BCUT2D eigenvalue weighted by molar-refractivity contribution is -0.120. The first-order chi connectivity index (χ1) is 6.22. The third-order valence-corrected chi connectivity index (χ3v) is 2.74. The van der Waals surface area contributed by atoms with Crippen LogP contribution in [0.1, 0.15) is 32.6 Å². The van der Waals surface area contributed by atoms with Crippen LogP contribution in [0.15, 0.2) is 0 Å². The monoisotopic (exact) mass is 184 g/mol. The van der Waals surface area contributed by atoms with Gasteiger partial charge in [0.2, 0.25) is 5.91 Å². The van der Waals surface area contributed by atoms with Crippen molar-refractivity contribution < 1.29 is 4.79 Å². The van der Waals surface area contributed by atoms with Crippen molar-refractivity contribution in [3.05, 3.63) is 0 Å². The average molecular weight is 184 g/mol. The molecule has 0 aliphatic heterocycles. The van der Waals surface area contributed by atoms with E-state index in [1.165, 1.54) is 25.7 Å². The molecule has 0 aromatic carbocycles. The summed E-state index contributed by atoms with van der Waals surface area (Å²) < 4.78 is 0. The highest BCUT2D eigenvalue weighted by Crippen LogP contribution is 2.48. The van der Waals surface area contributed by atoms with Gasteiger partial charge in [0, 0.05) is 6.54 Å². The molecule has 1 rings (SSSR count). The van der Waals surface area contributed by atoms with E-state index in [1.807, 2.05) is 0 Å². The Morgan fingerprint density at radius 3 is 2.62 bits per heavy atom. The second kappa shape index (κ2) is 4.61. The number of hydrogen-bond donors (Lipinski definition) is 2. The maximum atomic E-state index is 11.1. The number of carbonyl (C=O) groups is 1. The Morgan fingerprint density at radius 1 is 1.46 bits per heavy atom. The third-order valence-electron chi connectivity index (χ3n) is 2.74. The molecule has 0 atom stereocenters. The van der Waals surface area contributed by atoms with Gasteiger partial charge < -0.3 is 10.6 Å². The molecule has 0 bridgehead atoms. The van der Waals surface area contributed by atoms with Crippen molar-refractivity contribution in [3.8, 4) is 0 Å². The van der Waals surface area contributed by atoms with Crippen molar-refractivity contribution >= 4 is 5.91 Å². The van der Waals surface area contributed by atoms with Gasteiger partial charge >= 0.3 is 0 Å². The van der Waals surface area contributed by atoms with Crippen molar-refractivity contribution in [3.63, 3.8) is 0 Å². The molecule has 3 nitrogen and oxygen atoms in total. The van der Waals surface area contributed by atoms with Gasteiger partial charge in [-0.1, -0.05) is 13.3 Å². The van der Waals surface area contributed by atoms with Crippen LogP contribution in [0, 0.1) is 5.41 Å². The molecule has 0 unspecified atom stereocenters.